The summed E-state index contributed by atoms with van der Waals surface area (Å²) in [6, 6.07) is 12.8. The summed E-state index contributed by atoms with van der Waals surface area (Å²) < 4.78 is 15.7. The molecular weight excluding hydrogens is 370 g/mol. The maximum atomic E-state index is 12.9. The number of aromatic amines is 1. The molecular formula is C23H23NO5. The highest BCUT2D eigenvalue weighted by atomic mass is 16.5. The van der Waals surface area contributed by atoms with Gasteiger partial charge < -0.3 is 19.2 Å². The summed E-state index contributed by atoms with van der Waals surface area (Å²) in [5.41, 5.74) is 2.88. The highest BCUT2D eigenvalue weighted by Gasteiger charge is 2.23. The van der Waals surface area contributed by atoms with Gasteiger partial charge in [0.15, 0.2) is 6.10 Å². The molecule has 150 valence electrons. The van der Waals surface area contributed by atoms with E-state index >= 15 is 0 Å². The largest absolute Gasteiger partial charge is 0.497 e. The lowest BCUT2D eigenvalue weighted by Crippen LogP contribution is -2.24. The standard InChI is InChI=1S/C23H23NO5/c1-14-22(19-7-5-6-8-20(19)24-14)23(26)15(2)29-21(25)10-9-16-11-17(27-3)13-18(12-16)28-4/h5-13,15,24H,1-4H3/b10-9+/t15-/m1/s1. The number of esters is 1. The molecule has 0 fully saturated rings. The number of methoxy groups -OCH3 is 2. The molecule has 2 aromatic carbocycles. The van der Waals surface area contributed by atoms with Crippen molar-refractivity contribution in [1.29, 1.82) is 0 Å². The molecule has 0 unspecified atom stereocenters. The number of nitrogens with one attached hydrogen (secondary N) is 1. The Balaban J connectivity index is 1.72. The Bertz CT molecular complexity index is 1060. The maximum Gasteiger partial charge on any atom is 0.331 e. The topological polar surface area (TPSA) is 77.6 Å². The van der Waals surface area contributed by atoms with Gasteiger partial charge in [0.1, 0.15) is 11.5 Å². The van der Waals surface area contributed by atoms with E-state index in [1.54, 1.807) is 45.4 Å². The molecule has 3 rings (SSSR count). The fourth-order valence-corrected chi connectivity index (χ4v) is 3.15. The second-order valence-corrected chi connectivity index (χ2v) is 6.59. The maximum absolute atomic E-state index is 12.9. The smallest absolute Gasteiger partial charge is 0.331 e. The Morgan fingerprint density at radius 2 is 1.69 bits per heavy atom. The number of carbonyl (C=O) groups is 2. The van der Waals surface area contributed by atoms with Crippen LogP contribution in [-0.2, 0) is 9.53 Å². The molecule has 0 radical (unpaired) electrons. The molecule has 1 atom stereocenters. The number of aromatic nitrogens is 1. The zero-order chi connectivity index (χ0) is 21.0. The van der Waals surface area contributed by atoms with Crippen molar-refractivity contribution < 1.29 is 23.8 Å². The van der Waals surface area contributed by atoms with Crippen molar-refractivity contribution >= 4 is 28.7 Å². The molecule has 0 aliphatic rings. The van der Waals surface area contributed by atoms with E-state index in [1.807, 2.05) is 31.2 Å². The van der Waals surface area contributed by atoms with Crippen LogP contribution in [0.3, 0.4) is 0 Å². The van der Waals surface area contributed by atoms with Gasteiger partial charge in [0.25, 0.3) is 0 Å². The van der Waals surface area contributed by atoms with Gasteiger partial charge in [-0.25, -0.2) is 4.79 Å². The number of benzene rings is 2. The number of H-pyrrole nitrogens is 1. The van der Waals surface area contributed by atoms with Gasteiger partial charge in [-0.05, 0) is 43.7 Å². The Morgan fingerprint density at radius 3 is 2.34 bits per heavy atom. The van der Waals surface area contributed by atoms with Crippen LogP contribution in [-0.4, -0.2) is 37.1 Å². The number of ketones is 1. The van der Waals surface area contributed by atoms with Gasteiger partial charge in [-0.3, -0.25) is 4.79 Å². The van der Waals surface area contributed by atoms with Gasteiger partial charge in [0, 0.05) is 34.3 Å². The Kier molecular flexibility index (Phi) is 6.02. The van der Waals surface area contributed by atoms with Crippen LogP contribution in [0.4, 0.5) is 0 Å². The molecule has 0 aliphatic heterocycles. The number of aryl methyl sites for hydroxylation is 1. The van der Waals surface area contributed by atoms with Gasteiger partial charge >= 0.3 is 5.97 Å². The van der Waals surface area contributed by atoms with Crippen molar-refractivity contribution in [2.45, 2.75) is 20.0 Å². The zero-order valence-corrected chi connectivity index (χ0v) is 16.8. The average molecular weight is 393 g/mol. The van der Waals surface area contributed by atoms with E-state index in [4.69, 9.17) is 14.2 Å². The van der Waals surface area contributed by atoms with Crippen LogP contribution in [0.1, 0.15) is 28.5 Å². The molecule has 0 bridgehead atoms. The lowest BCUT2D eigenvalue weighted by molar-refractivity contribution is -0.140. The molecule has 3 aromatic rings. The fourth-order valence-electron chi connectivity index (χ4n) is 3.15. The number of Topliss-reactive ketones (excluding diaryl/α,β-unsaturated/α-hetero) is 1. The molecule has 6 nitrogen and oxygen atoms in total. The van der Waals surface area contributed by atoms with Crippen LogP contribution < -0.4 is 9.47 Å². The van der Waals surface area contributed by atoms with Crippen molar-refractivity contribution in [3.05, 3.63) is 65.4 Å². The molecule has 1 aromatic heterocycles. The molecule has 0 saturated heterocycles. The van der Waals surface area contributed by atoms with Gasteiger partial charge in [-0.1, -0.05) is 18.2 Å². The number of fused-ring (bicyclic) bond motifs is 1. The minimum absolute atomic E-state index is 0.246. The zero-order valence-electron chi connectivity index (χ0n) is 16.8. The van der Waals surface area contributed by atoms with Crippen molar-refractivity contribution in [3.8, 4) is 11.5 Å². The number of para-hydroxylation sites is 1. The predicted octanol–water partition coefficient (Wildman–Crippen LogP) is 4.32. The quantitative estimate of drug-likeness (QED) is 0.367. The molecule has 1 N–H and O–H groups in total. The minimum atomic E-state index is -0.912. The summed E-state index contributed by atoms with van der Waals surface area (Å²) in [5, 5.41) is 0.817. The van der Waals surface area contributed by atoms with E-state index in [-0.39, 0.29) is 5.78 Å². The molecule has 0 aliphatic carbocycles. The highest BCUT2D eigenvalue weighted by Crippen LogP contribution is 2.25. The van der Waals surface area contributed by atoms with Crippen molar-refractivity contribution in [2.24, 2.45) is 0 Å². The third-order valence-electron chi connectivity index (χ3n) is 4.59. The first-order chi connectivity index (χ1) is 13.9. The summed E-state index contributed by atoms with van der Waals surface area (Å²) in [6.45, 7) is 3.40. The number of hydrogen-bond donors (Lipinski definition) is 1. The fraction of sp³-hybridized carbons (Fsp3) is 0.217. The van der Waals surface area contributed by atoms with E-state index in [2.05, 4.69) is 4.98 Å². The first-order valence-electron chi connectivity index (χ1n) is 9.16. The van der Waals surface area contributed by atoms with Crippen molar-refractivity contribution in [2.75, 3.05) is 14.2 Å². The third-order valence-corrected chi connectivity index (χ3v) is 4.59. The summed E-state index contributed by atoms with van der Waals surface area (Å²) in [7, 11) is 3.10. The molecule has 29 heavy (non-hydrogen) atoms. The number of ether oxygens (including phenoxy) is 3. The molecule has 1 heterocycles. The predicted molar refractivity (Wildman–Crippen MR) is 112 cm³/mol. The van der Waals surface area contributed by atoms with Crippen molar-refractivity contribution in [1.82, 2.24) is 4.98 Å². The van der Waals surface area contributed by atoms with Crippen LogP contribution in [0.15, 0.2) is 48.5 Å². The normalized spacial score (nSPS) is 12.1. The van der Waals surface area contributed by atoms with Gasteiger partial charge in [-0.15, -0.1) is 0 Å². The minimum Gasteiger partial charge on any atom is -0.497 e. The second-order valence-electron chi connectivity index (χ2n) is 6.59. The molecule has 0 amide bonds. The number of hydrogen-bond acceptors (Lipinski definition) is 5. The first-order valence-corrected chi connectivity index (χ1v) is 9.16. The van der Waals surface area contributed by atoms with Crippen molar-refractivity contribution in [3.63, 3.8) is 0 Å². The van der Waals surface area contributed by atoms with Gasteiger partial charge in [0.05, 0.1) is 14.2 Å². The van der Waals surface area contributed by atoms with Gasteiger partial charge in [-0.2, -0.15) is 0 Å². The average Bonchev–Trinajstić information content (AvgIpc) is 3.06. The molecule has 0 spiro atoms. The Labute approximate surface area is 169 Å². The van der Waals surface area contributed by atoms with Crippen LogP contribution in [0.2, 0.25) is 0 Å². The Morgan fingerprint density at radius 1 is 1.03 bits per heavy atom. The van der Waals surface area contributed by atoms with E-state index in [1.165, 1.54) is 6.08 Å². The summed E-state index contributed by atoms with van der Waals surface area (Å²) >= 11 is 0. The lowest BCUT2D eigenvalue weighted by atomic mass is 10.0. The monoisotopic (exact) mass is 393 g/mol. The van der Waals surface area contributed by atoms with Crippen LogP contribution in [0, 0.1) is 6.92 Å². The van der Waals surface area contributed by atoms with E-state index < -0.39 is 12.1 Å². The molecule has 6 heteroatoms. The first kappa shape index (κ1) is 20.2. The Hall–Kier alpha value is -3.54. The molecule has 0 saturated carbocycles. The van der Waals surface area contributed by atoms with E-state index in [0.29, 0.717) is 22.6 Å². The summed E-state index contributed by atoms with van der Waals surface area (Å²) in [4.78, 5) is 28.3. The summed E-state index contributed by atoms with van der Waals surface area (Å²) in [5.74, 6) is 0.362. The van der Waals surface area contributed by atoms with Crippen LogP contribution in [0.25, 0.3) is 17.0 Å². The third kappa shape index (κ3) is 4.48. The SMILES string of the molecule is COc1cc(/C=C/C(=O)O[C@H](C)C(=O)c2c(C)[nH]c3ccccc23)cc(OC)c1. The second kappa shape index (κ2) is 8.65. The number of rotatable bonds is 7. The highest BCUT2D eigenvalue weighted by molar-refractivity contribution is 6.11. The van der Waals surface area contributed by atoms with Crippen LogP contribution >= 0.6 is 0 Å². The van der Waals surface area contributed by atoms with E-state index in [9.17, 15) is 9.59 Å². The van der Waals surface area contributed by atoms with Crippen LogP contribution in [0.5, 0.6) is 11.5 Å². The summed E-state index contributed by atoms with van der Waals surface area (Å²) in [6.07, 6.45) is 1.95. The van der Waals surface area contributed by atoms with E-state index in [0.717, 1.165) is 16.6 Å². The van der Waals surface area contributed by atoms with Gasteiger partial charge in [0.2, 0.25) is 5.78 Å². The lowest BCUT2D eigenvalue weighted by Gasteiger charge is -2.11. The number of carbonyl (C=O) groups excluding carboxylic acids is 2.